The molecule has 5 heteroatoms. The van der Waals surface area contributed by atoms with Crippen molar-refractivity contribution in [2.75, 3.05) is 26.2 Å². The number of rotatable bonds is 3. The van der Waals surface area contributed by atoms with Crippen molar-refractivity contribution in [3.8, 4) is 0 Å². The third kappa shape index (κ3) is 3.32. The summed E-state index contributed by atoms with van der Waals surface area (Å²) in [5.41, 5.74) is 3.42. The number of benzene rings is 1. The fraction of sp³-hybridized carbons (Fsp3) is 0.615. The van der Waals surface area contributed by atoms with Crippen molar-refractivity contribution in [2.24, 2.45) is 11.8 Å². The molecule has 0 radical (unpaired) electrons. The van der Waals surface area contributed by atoms with E-state index in [9.17, 15) is 9.59 Å². The molecule has 5 nitrogen and oxygen atoms in total. The predicted octanol–water partition coefficient (Wildman–Crippen LogP) is 3.45. The lowest BCUT2D eigenvalue weighted by atomic mass is 9.68. The lowest BCUT2D eigenvalue weighted by molar-refractivity contribution is -0.136. The van der Waals surface area contributed by atoms with Gasteiger partial charge in [0.25, 0.3) is 5.91 Å². The Morgan fingerprint density at radius 3 is 2.90 bits per heavy atom. The number of likely N-dealkylation sites (tertiary alicyclic amines) is 1. The second-order valence-electron chi connectivity index (χ2n) is 10.2. The van der Waals surface area contributed by atoms with Crippen LogP contribution < -0.4 is 0 Å². The molecule has 4 aliphatic heterocycles. The molecule has 4 atom stereocenters. The van der Waals surface area contributed by atoms with Crippen molar-refractivity contribution >= 4 is 11.8 Å². The van der Waals surface area contributed by atoms with Crippen molar-refractivity contribution in [3.63, 3.8) is 0 Å². The molecule has 4 heterocycles. The van der Waals surface area contributed by atoms with Crippen molar-refractivity contribution in [1.29, 1.82) is 0 Å². The monoisotopic (exact) mass is 419 g/mol. The van der Waals surface area contributed by atoms with E-state index in [0.717, 1.165) is 43.1 Å². The molecule has 2 amide bonds. The van der Waals surface area contributed by atoms with E-state index in [2.05, 4.69) is 15.9 Å². The average molecular weight is 420 g/mol. The molecule has 164 valence electrons. The fourth-order valence-corrected chi connectivity index (χ4v) is 7.12. The van der Waals surface area contributed by atoms with Crippen LogP contribution in [-0.2, 0) is 11.3 Å². The molecule has 1 aliphatic carbocycles. The fourth-order valence-electron chi connectivity index (χ4n) is 7.12. The van der Waals surface area contributed by atoms with E-state index in [1.54, 1.807) is 0 Å². The molecule has 0 N–H and O–H groups in total. The van der Waals surface area contributed by atoms with Crippen LogP contribution in [0.3, 0.4) is 0 Å². The van der Waals surface area contributed by atoms with Gasteiger partial charge in [-0.05, 0) is 62.1 Å². The van der Waals surface area contributed by atoms with E-state index in [1.807, 2.05) is 29.2 Å². The SMILES string of the molecule is O=C1c2ccccc2CN1CCC(=O)N1CCCC2=C[C@@H]3C[C@@H](CN4CCCC[C@@H]34)[C@H]21. The number of fused-ring (bicyclic) bond motifs is 7. The minimum atomic E-state index is 0.0755. The van der Waals surface area contributed by atoms with E-state index in [0.29, 0.717) is 37.4 Å². The topological polar surface area (TPSA) is 43.9 Å². The van der Waals surface area contributed by atoms with Crippen LogP contribution in [0.15, 0.2) is 35.9 Å². The Morgan fingerprint density at radius 1 is 1.10 bits per heavy atom. The van der Waals surface area contributed by atoms with Crippen molar-refractivity contribution in [3.05, 3.63) is 47.0 Å². The first kappa shape index (κ1) is 19.5. The normalized spacial score (nSPS) is 32.3. The summed E-state index contributed by atoms with van der Waals surface area (Å²) < 4.78 is 0. The van der Waals surface area contributed by atoms with Crippen LogP contribution in [0.4, 0.5) is 0 Å². The Balaban J connectivity index is 1.15. The molecule has 1 aromatic carbocycles. The van der Waals surface area contributed by atoms with Gasteiger partial charge in [-0.2, -0.15) is 0 Å². The molecule has 0 aromatic heterocycles. The van der Waals surface area contributed by atoms with Gasteiger partial charge in [0.1, 0.15) is 0 Å². The standard InChI is InChI=1S/C26H33N3O2/c30-24(10-13-28-16-19-6-1-2-8-22(19)26(28)31)29-12-5-7-18-14-20-15-21(25(18)29)17-27-11-4-3-9-23(20)27/h1-2,6,8,14,20-21,23,25H,3-5,7,9-13,15-17H2/t20-,21+,23+,25+/m1/s1. The van der Waals surface area contributed by atoms with Crippen LogP contribution in [0.2, 0.25) is 0 Å². The van der Waals surface area contributed by atoms with Crippen LogP contribution in [0, 0.1) is 11.8 Å². The lowest BCUT2D eigenvalue weighted by Crippen LogP contribution is -2.60. The number of amides is 2. The third-order valence-electron chi connectivity index (χ3n) is 8.47. The molecule has 0 spiro atoms. The van der Waals surface area contributed by atoms with Crippen LogP contribution in [0.5, 0.6) is 0 Å². The molecule has 3 saturated heterocycles. The molecule has 0 unspecified atom stereocenters. The van der Waals surface area contributed by atoms with Gasteiger partial charge >= 0.3 is 0 Å². The highest BCUT2D eigenvalue weighted by atomic mass is 16.2. The average Bonchev–Trinajstić information content (AvgIpc) is 3.13. The zero-order valence-corrected chi connectivity index (χ0v) is 18.3. The minimum Gasteiger partial charge on any atom is -0.336 e. The summed E-state index contributed by atoms with van der Waals surface area (Å²) in [6.45, 7) is 4.43. The first-order chi connectivity index (χ1) is 15.2. The third-order valence-corrected chi connectivity index (χ3v) is 8.47. The van der Waals surface area contributed by atoms with Gasteiger partial charge in [-0.1, -0.05) is 36.3 Å². The van der Waals surface area contributed by atoms with Gasteiger partial charge < -0.3 is 9.80 Å². The molecule has 0 saturated carbocycles. The van der Waals surface area contributed by atoms with E-state index in [-0.39, 0.29) is 11.8 Å². The summed E-state index contributed by atoms with van der Waals surface area (Å²) in [6.07, 6.45) is 10.5. The van der Waals surface area contributed by atoms with Crippen molar-refractivity contribution in [2.45, 2.75) is 63.6 Å². The van der Waals surface area contributed by atoms with Gasteiger partial charge in [-0.15, -0.1) is 0 Å². The Morgan fingerprint density at radius 2 is 2.00 bits per heavy atom. The number of hydrogen-bond acceptors (Lipinski definition) is 3. The van der Waals surface area contributed by atoms with Crippen molar-refractivity contribution in [1.82, 2.24) is 14.7 Å². The molecule has 5 aliphatic rings. The molecule has 3 fully saturated rings. The molecular weight excluding hydrogens is 386 g/mol. The summed E-state index contributed by atoms with van der Waals surface area (Å²) in [5, 5.41) is 0. The quantitative estimate of drug-likeness (QED) is 0.705. The van der Waals surface area contributed by atoms with Crippen LogP contribution in [0.25, 0.3) is 0 Å². The van der Waals surface area contributed by atoms with Gasteiger partial charge in [0.2, 0.25) is 5.91 Å². The van der Waals surface area contributed by atoms with E-state index in [4.69, 9.17) is 0 Å². The lowest BCUT2D eigenvalue weighted by Gasteiger charge is -2.54. The van der Waals surface area contributed by atoms with Crippen LogP contribution >= 0.6 is 0 Å². The number of nitrogens with zero attached hydrogens (tertiary/aromatic N) is 3. The largest absolute Gasteiger partial charge is 0.336 e. The Labute approximate surface area is 185 Å². The molecule has 2 bridgehead atoms. The smallest absolute Gasteiger partial charge is 0.254 e. The molecule has 1 aromatic rings. The van der Waals surface area contributed by atoms with Crippen molar-refractivity contribution < 1.29 is 9.59 Å². The maximum atomic E-state index is 13.4. The summed E-state index contributed by atoms with van der Waals surface area (Å²) in [6, 6.07) is 8.86. The number of carbonyl (C=O) groups excluding carboxylic acids is 2. The summed E-state index contributed by atoms with van der Waals surface area (Å²) in [7, 11) is 0. The molecule has 6 rings (SSSR count). The summed E-state index contributed by atoms with van der Waals surface area (Å²) in [4.78, 5) is 32.8. The maximum Gasteiger partial charge on any atom is 0.254 e. The number of hydrogen-bond donors (Lipinski definition) is 0. The molecule has 31 heavy (non-hydrogen) atoms. The number of piperidine rings is 3. The van der Waals surface area contributed by atoms with Crippen LogP contribution in [-0.4, -0.2) is 64.8 Å². The first-order valence-electron chi connectivity index (χ1n) is 12.3. The van der Waals surface area contributed by atoms with E-state index in [1.165, 1.54) is 37.8 Å². The second-order valence-corrected chi connectivity index (χ2v) is 10.2. The zero-order valence-electron chi connectivity index (χ0n) is 18.3. The van der Waals surface area contributed by atoms with Gasteiger partial charge in [0.05, 0.1) is 6.04 Å². The second kappa shape index (κ2) is 7.77. The zero-order chi connectivity index (χ0) is 20.9. The molecular formula is C26H33N3O2. The van der Waals surface area contributed by atoms with Gasteiger partial charge in [0.15, 0.2) is 0 Å². The maximum absolute atomic E-state index is 13.4. The van der Waals surface area contributed by atoms with Crippen LogP contribution in [0.1, 0.15) is 60.9 Å². The summed E-state index contributed by atoms with van der Waals surface area (Å²) >= 11 is 0. The van der Waals surface area contributed by atoms with Gasteiger partial charge in [-0.25, -0.2) is 0 Å². The highest BCUT2D eigenvalue weighted by molar-refractivity contribution is 5.98. The minimum absolute atomic E-state index is 0.0755. The predicted molar refractivity (Wildman–Crippen MR) is 119 cm³/mol. The van der Waals surface area contributed by atoms with E-state index >= 15 is 0 Å². The highest BCUT2D eigenvalue weighted by Crippen LogP contribution is 2.45. The Kier molecular flexibility index (Phi) is 4.90. The van der Waals surface area contributed by atoms with Gasteiger partial charge in [0, 0.05) is 44.2 Å². The van der Waals surface area contributed by atoms with E-state index < -0.39 is 0 Å². The van der Waals surface area contributed by atoms with Gasteiger partial charge in [-0.3, -0.25) is 14.5 Å². The Bertz CT molecular complexity index is 925. The first-order valence-corrected chi connectivity index (χ1v) is 12.3. The Hall–Kier alpha value is -2.14. The summed E-state index contributed by atoms with van der Waals surface area (Å²) in [5.74, 6) is 1.59. The number of carbonyl (C=O) groups is 2. The highest BCUT2D eigenvalue weighted by Gasteiger charge is 2.46.